The molecule has 16 rings (SSSR count). The number of para-hydroxylation sites is 5. The number of fused-ring (bicyclic) bond motifs is 16. The first-order chi connectivity index (χ1) is 34.2. The summed E-state index contributed by atoms with van der Waals surface area (Å²) in [6.07, 6.45) is 0. The molecule has 0 amide bonds. The quantitative estimate of drug-likeness (QED) is 0.129. The topological polar surface area (TPSA) is 42.9 Å². The Morgan fingerprint density at radius 1 is 0.435 bits per heavy atom. The molecule has 0 saturated heterocycles. The van der Waals surface area contributed by atoms with Crippen LogP contribution in [0.1, 0.15) is 5.56 Å². The van der Waals surface area contributed by atoms with E-state index in [1.807, 2.05) is 0 Å². The molecule has 0 N–H and O–H groups in total. The van der Waals surface area contributed by atoms with Crippen molar-refractivity contribution in [3.63, 3.8) is 0 Å². The van der Waals surface area contributed by atoms with Crippen molar-refractivity contribution in [2.45, 2.75) is 19.6 Å². The average molecular weight is 892 g/mol. The standard InChI is InChI=1S/C62H34BN5S/c1-65-57-61(66-50-30-12-10-24-41(50)45-35-55-46(34-53(45)66)42-25-11-15-33-54(42)69(55,37-18-4-2-5-19-37)38-20-6-3-7-21-38)47(36-64)60-56-62(57)68-52-32-14-9-23-40(52)44-27-17-29-49(59(44)68)63(56)48-28-16-26-43-39-22-8-13-31-51(39)67(60)58(43)48/h2-35H. The number of aromatic nitrogens is 3. The number of rotatable bonds is 3. The third-order valence-corrected chi connectivity index (χ3v) is 19.5. The lowest BCUT2D eigenvalue weighted by atomic mass is 9.34. The zero-order valence-electron chi connectivity index (χ0n) is 36.9. The molecule has 3 aliphatic rings. The SMILES string of the molecule is [C-]#[N+]c1c(-n2c3ccccc3c3cc4c(cc32)-c2ccccc2S4(c2ccccc2)c2ccccc2)c(C#N)c2c3c1-n1c4ccccc4c4cccc(c41)B3c1cccc3c4ccccc4n-2c13. The highest BCUT2D eigenvalue weighted by atomic mass is 32.3. The summed E-state index contributed by atoms with van der Waals surface area (Å²) in [7, 11) is -1.95. The summed E-state index contributed by atoms with van der Waals surface area (Å²) in [4.78, 5) is 9.84. The number of nitrogens with zero attached hydrogens (tertiary/aromatic N) is 5. The third-order valence-electron chi connectivity index (χ3n) is 15.5. The molecule has 0 spiro atoms. The molecule has 0 saturated carbocycles. The highest BCUT2D eigenvalue weighted by Gasteiger charge is 2.46. The van der Waals surface area contributed by atoms with E-state index in [2.05, 4.69) is 231 Å². The monoisotopic (exact) mass is 891 g/mol. The molecule has 0 atom stereocenters. The molecule has 0 radical (unpaired) electrons. The molecule has 3 aliphatic heterocycles. The minimum atomic E-state index is -1.95. The van der Waals surface area contributed by atoms with Gasteiger partial charge in [-0.05, 0) is 88.2 Å². The summed E-state index contributed by atoms with van der Waals surface area (Å²) in [6, 6.07) is 77.8. The molecule has 69 heavy (non-hydrogen) atoms. The van der Waals surface area contributed by atoms with Crippen molar-refractivity contribution in [1.82, 2.24) is 13.7 Å². The molecule has 13 aromatic rings. The van der Waals surface area contributed by atoms with Gasteiger partial charge in [0.05, 0.1) is 51.3 Å². The Kier molecular flexibility index (Phi) is 7.06. The number of hydrogen-bond donors (Lipinski definition) is 0. The molecule has 0 aliphatic carbocycles. The highest BCUT2D eigenvalue weighted by Crippen LogP contribution is 2.80. The van der Waals surface area contributed by atoms with Gasteiger partial charge < -0.3 is 13.7 Å². The summed E-state index contributed by atoms with van der Waals surface area (Å²) in [5.74, 6) is 0. The normalized spacial score (nSPS) is 14.0. The molecule has 5 nitrogen and oxygen atoms in total. The molecular weight excluding hydrogens is 858 g/mol. The fourth-order valence-electron chi connectivity index (χ4n) is 13.0. The van der Waals surface area contributed by atoms with Gasteiger partial charge in [-0.1, -0.05) is 146 Å². The van der Waals surface area contributed by atoms with Gasteiger partial charge in [0.25, 0.3) is 6.71 Å². The van der Waals surface area contributed by atoms with Gasteiger partial charge in [0, 0.05) is 62.9 Å². The molecular formula is C62H34BN5S. The minimum Gasteiger partial charge on any atom is -0.320 e. The maximum absolute atomic E-state index is 12.1. The smallest absolute Gasteiger partial charge is 0.250 e. The molecule has 6 heterocycles. The van der Waals surface area contributed by atoms with E-state index in [-0.39, 0.29) is 6.71 Å². The van der Waals surface area contributed by atoms with Crippen molar-refractivity contribution in [2.75, 3.05) is 0 Å². The Morgan fingerprint density at radius 2 is 0.942 bits per heavy atom. The number of benzene rings is 10. The second kappa shape index (κ2) is 13.1. The summed E-state index contributed by atoms with van der Waals surface area (Å²) < 4.78 is 7.00. The van der Waals surface area contributed by atoms with E-state index >= 15 is 0 Å². The Morgan fingerprint density at radius 3 is 1.54 bits per heavy atom. The molecule has 10 aromatic carbocycles. The summed E-state index contributed by atoms with van der Waals surface area (Å²) >= 11 is 0. The van der Waals surface area contributed by atoms with Crippen LogP contribution in [0.25, 0.3) is 98.5 Å². The third kappa shape index (κ3) is 4.30. The van der Waals surface area contributed by atoms with Crippen LogP contribution in [0.15, 0.2) is 226 Å². The average Bonchev–Trinajstić information content (AvgIpc) is 4.13. The van der Waals surface area contributed by atoms with E-state index in [0.29, 0.717) is 16.9 Å². The van der Waals surface area contributed by atoms with Gasteiger partial charge in [-0.3, -0.25) is 0 Å². The van der Waals surface area contributed by atoms with Crippen molar-refractivity contribution in [2.24, 2.45) is 0 Å². The Labute approximate surface area is 398 Å². The van der Waals surface area contributed by atoms with Gasteiger partial charge in [-0.25, -0.2) is 4.85 Å². The Bertz CT molecular complexity index is 4380. The van der Waals surface area contributed by atoms with Gasteiger partial charge in [0.2, 0.25) is 5.69 Å². The fourth-order valence-corrected chi connectivity index (χ4v) is 17.3. The first-order valence-corrected chi connectivity index (χ1v) is 25.0. The Hall–Kier alpha value is -9.01. The molecule has 0 fully saturated rings. The van der Waals surface area contributed by atoms with E-state index in [9.17, 15) is 11.8 Å². The first kappa shape index (κ1) is 37.1. The van der Waals surface area contributed by atoms with Crippen LogP contribution in [-0.2, 0) is 0 Å². The van der Waals surface area contributed by atoms with Crippen molar-refractivity contribution in [1.29, 1.82) is 5.26 Å². The summed E-state index contributed by atoms with van der Waals surface area (Å²) in [6.45, 7) is 9.25. The van der Waals surface area contributed by atoms with Crippen molar-refractivity contribution in [3.05, 3.63) is 223 Å². The zero-order chi connectivity index (χ0) is 45.3. The molecule has 0 unspecified atom stereocenters. The van der Waals surface area contributed by atoms with E-state index in [1.54, 1.807) is 0 Å². The van der Waals surface area contributed by atoms with Crippen molar-refractivity contribution in [3.8, 4) is 34.3 Å². The number of nitriles is 1. The molecule has 3 aromatic heterocycles. The maximum atomic E-state index is 12.1. The van der Waals surface area contributed by atoms with Crippen LogP contribution in [0.4, 0.5) is 5.69 Å². The lowest BCUT2D eigenvalue weighted by Gasteiger charge is -2.39. The fraction of sp³-hybridized carbons (Fsp3) is 0. The molecule has 0 bridgehead atoms. The maximum Gasteiger partial charge on any atom is 0.250 e. The Balaban J connectivity index is 1.13. The van der Waals surface area contributed by atoms with Crippen molar-refractivity contribution >= 4 is 104 Å². The van der Waals surface area contributed by atoms with Crippen LogP contribution in [0.5, 0.6) is 0 Å². The second-order valence-corrected chi connectivity index (χ2v) is 21.5. The van der Waals surface area contributed by atoms with E-state index in [0.717, 1.165) is 82.3 Å². The summed E-state index contributed by atoms with van der Waals surface area (Å²) in [5.41, 5.74) is 15.2. The lowest BCUT2D eigenvalue weighted by Crippen LogP contribution is -2.59. The lowest BCUT2D eigenvalue weighted by molar-refractivity contribution is 1.10. The second-order valence-electron chi connectivity index (χ2n) is 18.5. The van der Waals surface area contributed by atoms with Crippen LogP contribution in [0, 0.1) is 17.9 Å². The van der Waals surface area contributed by atoms with Gasteiger partial charge in [-0.2, -0.15) is 5.26 Å². The predicted molar refractivity (Wildman–Crippen MR) is 284 cm³/mol. The van der Waals surface area contributed by atoms with Crippen LogP contribution in [-0.4, -0.2) is 20.4 Å². The summed E-state index contributed by atoms with van der Waals surface area (Å²) in [5, 5.41) is 18.9. The first-order valence-electron chi connectivity index (χ1n) is 23.4. The van der Waals surface area contributed by atoms with E-state index in [4.69, 9.17) is 0 Å². The van der Waals surface area contributed by atoms with Crippen molar-refractivity contribution < 1.29 is 0 Å². The largest absolute Gasteiger partial charge is 0.320 e. The van der Waals surface area contributed by atoms with Crippen LogP contribution >= 0.6 is 10.0 Å². The molecule has 316 valence electrons. The van der Waals surface area contributed by atoms with E-state index < -0.39 is 10.0 Å². The minimum absolute atomic E-state index is 0.220. The number of hydrogen-bond acceptors (Lipinski definition) is 1. The van der Waals surface area contributed by atoms with Crippen LogP contribution in [0.3, 0.4) is 0 Å². The van der Waals surface area contributed by atoms with Crippen LogP contribution < -0.4 is 16.4 Å². The van der Waals surface area contributed by atoms with Gasteiger partial charge in [-0.15, -0.1) is 10.0 Å². The molecule has 7 heteroatoms. The van der Waals surface area contributed by atoms with Gasteiger partial charge in [0.15, 0.2) is 0 Å². The predicted octanol–water partition coefficient (Wildman–Crippen LogP) is 13.9. The van der Waals surface area contributed by atoms with Gasteiger partial charge >= 0.3 is 0 Å². The highest BCUT2D eigenvalue weighted by molar-refractivity contribution is 8.34. The van der Waals surface area contributed by atoms with Crippen LogP contribution in [0.2, 0.25) is 0 Å². The zero-order valence-corrected chi connectivity index (χ0v) is 37.7. The van der Waals surface area contributed by atoms with E-state index in [1.165, 1.54) is 41.6 Å². The van der Waals surface area contributed by atoms with Gasteiger partial charge in [0.1, 0.15) is 6.07 Å².